The van der Waals surface area contributed by atoms with Gasteiger partial charge in [0.1, 0.15) is 0 Å². The molecule has 1 aromatic carbocycles. The van der Waals surface area contributed by atoms with E-state index in [2.05, 4.69) is 21.2 Å². The first-order valence-electron chi connectivity index (χ1n) is 5.33. The van der Waals surface area contributed by atoms with E-state index in [1.807, 2.05) is 12.3 Å². The summed E-state index contributed by atoms with van der Waals surface area (Å²) in [5, 5.41) is 3.28. The number of benzene rings is 1. The van der Waals surface area contributed by atoms with E-state index in [1.165, 1.54) is 0 Å². The summed E-state index contributed by atoms with van der Waals surface area (Å²) in [6.07, 6.45) is 1.96. The Labute approximate surface area is 125 Å². The Kier molecular flexibility index (Phi) is 7.07. The smallest absolute Gasteiger partial charge is 0.252 e. The second-order valence-corrected chi connectivity index (χ2v) is 6.19. The van der Waals surface area contributed by atoms with Crippen molar-refractivity contribution in [3.63, 3.8) is 0 Å². The number of nitrogens with one attached hydrogen (secondary N) is 1. The quantitative estimate of drug-likeness (QED) is 0.631. The van der Waals surface area contributed by atoms with Crippen LogP contribution in [0.5, 0.6) is 0 Å². The van der Waals surface area contributed by atoms with E-state index in [4.69, 9.17) is 16.3 Å². The molecule has 100 valence electrons. The molecule has 6 heteroatoms. The number of methoxy groups -OCH3 is 1. The number of ether oxygens (including phenoxy) is 1. The summed E-state index contributed by atoms with van der Waals surface area (Å²) < 4.78 is 4.97. The average Bonchev–Trinajstić information content (AvgIpc) is 2.37. The molecule has 0 aliphatic rings. The highest BCUT2D eigenvalue weighted by Crippen LogP contribution is 2.22. The van der Waals surface area contributed by atoms with E-state index in [0.29, 0.717) is 23.7 Å². The number of halogens is 2. The predicted octanol–water partition coefficient (Wildman–Crippen LogP) is 3.20. The van der Waals surface area contributed by atoms with E-state index < -0.39 is 0 Å². The lowest BCUT2D eigenvalue weighted by Gasteiger charge is -2.11. The topological polar surface area (TPSA) is 38.3 Å². The van der Waals surface area contributed by atoms with Crippen molar-refractivity contribution in [3.8, 4) is 0 Å². The standard InChI is InChI=1S/C12H15BrClNO2S/c1-17-7-8(13)6-15-12(16)10-5-9(18-2)3-4-11(10)14/h3-5,8H,6-7H2,1-2H3,(H,15,16). The van der Waals surface area contributed by atoms with Gasteiger partial charge in [0.05, 0.1) is 22.0 Å². The minimum atomic E-state index is -0.170. The summed E-state index contributed by atoms with van der Waals surface area (Å²) in [6.45, 7) is 1.03. The van der Waals surface area contributed by atoms with Crippen molar-refractivity contribution in [2.24, 2.45) is 0 Å². The van der Waals surface area contributed by atoms with Crippen molar-refractivity contribution >= 4 is 45.2 Å². The molecule has 0 aliphatic heterocycles. The third-order valence-corrected chi connectivity index (χ3v) is 3.89. The van der Waals surface area contributed by atoms with Gasteiger partial charge in [-0.05, 0) is 24.5 Å². The normalized spacial score (nSPS) is 12.2. The van der Waals surface area contributed by atoms with Crippen LogP contribution < -0.4 is 5.32 Å². The molecule has 0 saturated heterocycles. The minimum absolute atomic E-state index is 0.0916. The van der Waals surface area contributed by atoms with Gasteiger partial charge in [0.15, 0.2) is 0 Å². The fraction of sp³-hybridized carbons (Fsp3) is 0.417. The Morgan fingerprint density at radius 2 is 2.33 bits per heavy atom. The molecular weight excluding hydrogens is 338 g/mol. The summed E-state index contributed by atoms with van der Waals surface area (Å²) in [6, 6.07) is 5.42. The predicted molar refractivity (Wildman–Crippen MR) is 80.2 cm³/mol. The second-order valence-electron chi connectivity index (χ2n) is 3.61. The van der Waals surface area contributed by atoms with Gasteiger partial charge in [-0.15, -0.1) is 11.8 Å². The van der Waals surface area contributed by atoms with Crippen molar-refractivity contribution < 1.29 is 9.53 Å². The lowest BCUT2D eigenvalue weighted by atomic mass is 10.2. The molecule has 1 N–H and O–H groups in total. The zero-order chi connectivity index (χ0) is 13.5. The Morgan fingerprint density at radius 1 is 1.61 bits per heavy atom. The molecule has 3 nitrogen and oxygen atoms in total. The molecule has 1 aromatic rings. The van der Waals surface area contributed by atoms with Crippen molar-refractivity contribution in [1.29, 1.82) is 0 Å². The van der Waals surface area contributed by atoms with Crippen molar-refractivity contribution in [2.75, 3.05) is 26.5 Å². The molecule has 0 fully saturated rings. The molecular formula is C12H15BrClNO2S. The van der Waals surface area contributed by atoms with Gasteiger partial charge in [-0.1, -0.05) is 27.5 Å². The first kappa shape index (κ1) is 15.8. The molecule has 1 amide bonds. The lowest BCUT2D eigenvalue weighted by Crippen LogP contribution is -2.31. The van der Waals surface area contributed by atoms with Crippen molar-refractivity contribution in [2.45, 2.75) is 9.72 Å². The minimum Gasteiger partial charge on any atom is -0.383 e. The molecule has 0 saturated carbocycles. The molecule has 0 bridgehead atoms. The summed E-state index contributed by atoms with van der Waals surface area (Å²) in [7, 11) is 1.62. The van der Waals surface area contributed by atoms with Crippen LogP contribution in [0.4, 0.5) is 0 Å². The monoisotopic (exact) mass is 351 g/mol. The van der Waals surface area contributed by atoms with Crippen LogP contribution >= 0.6 is 39.3 Å². The van der Waals surface area contributed by atoms with Crippen LogP contribution in [-0.4, -0.2) is 37.3 Å². The number of carbonyl (C=O) groups excluding carboxylic acids is 1. The van der Waals surface area contributed by atoms with Gasteiger partial charge < -0.3 is 10.1 Å². The first-order chi connectivity index (χ1) is 8.58. The lowest BCUT2D eigenvalue weighted by molar-refractivity contribution is 0.0950. The molecule has 0 heterocycles. The Balaban J connectivity index is 2.66. The number of hydrogen-bond donors (Lipinski definition) is 1. The summed E-state index contributed by atoms with van der Waals surface area (Å²) >= 11 is 11.0. The maximum Gasteiger partial charge on any atom is 0.252 e. The van der Waals surface area contributed by atoms with Gasteiger partial charge in [0.2, 0.25) is 0 Å². The van der Waals surface area contributed by atoms with E-state index in [0.717, 1.165) is 4.90 Å². The third kappa shape index (κ3) is 4.80. The van der Waals surface area contributed by atoms with E-state index in [9.17, 15) is 4.79 Å². The SMILES string of the molecule is COCC(Br)CNC(=O)c1cc(SC)ccc1Cl. The van der Waals surface area contributed by atoms with Gasteiger partial charge in [-0.25, -0.2) is 0 Å². The van der Waals surface area contributed by atoms with E-state index in [1.54, 1.807) is 31.0 Å². The van der Waals surface area contributed by atoms with E-state index >= 15 is 0 Å². The van der Waals surface area contributed by atoms with Crippen LogP contribution in [0.2, 0.25) is 5.02 Å². The average molecular weight is 353 g/mol. The van der Waals surface area contributed by atoms with Crippen LogP contribution in [0.25, 0.3) is 0 Å². The highest BCUT2D eigenvalue weighted by atomic mass is 79.9. The molecule has 18 heavy (non-hydrogen) atoms. The number of alkyl halides is 1. The van der Waals surface area contributed by atoms with Crippen LogP contribution in [-0.2, 0) is 4.74 Å². The zero-order valence-corrected chi connectivity index (χ0v) is 13.4. The van der Waals surface area contributed by atoms with Crippen LogP contribution in [0, 0.1) is 0 Å². The number of hydrogen-bond acceptors (Lipinski definition) is 3. The number of rotatable bonds is 6. The van der Waals surface area contributed by atoms with Gasteiger partial charge >= 0.3 is 0 Å². The second kappa shape index (κ2) is 8.04. The fourth-order valence-electron chi connectivity index (χ4n) is 1.34. The highest BCUT2D eigenvalue weighted by Gasteiger charge is 2.12. The Hall–Kier alpha value is -0.230. The third-order valence-electron chi connectivity index (χ3n) is 2.25. The van der Waals surface area contributed by atoms with E-state index in [-0.39, 0.29) is 10.7 Å². The van der Waals surface area contributed by atoms with Crippen LogP contribution in [0.3, 0.4) is 0 Å². The zero-order valence-electron chi connectivity index (χ0n) is 10.2. The fourth-order valence-corrected chi connectivity index (χ4v) is 2.41. The summed E-state index contributed by atoms with van der Waals surface area (Å²) in [4.78, 5) is 13.1. The van der Waals surface area contributed by atoms with Crippen LogP contribution in [0.15, 0.2) is 23.1 Å². The van der Waals surface area contributed by atoms with Crippen molar-refractivity contribution in [1.82, 2.24) is 5.32 Å². The molecule has 0 aromatic heterocycles. The summed E-state index contributed by atoms with van der Waals surface area (Å²) in [5.74, 6) is -0.170. The maximum atomic E-state index is 12.0. The molecule has 0 aliphatic carbocycles. The first-order valence-corrected chi connectivity index (χ1v) is 7.85. The molecule has 1 rings (SSSR count). The maximum absolute atomic E-state index is 12.0. The van der Waals surface area contributed by atoms with Crippen LogP contribution in [0.1, 0.15) is 10.4 Å². The van der Waals surface area contributed by atoms with Gasteiger partial charge in [-0.2, -0.15) is 0 Å². The molecule has 0 spiro atoms. The Bertz CT molecular complexity index is 417. The summed E-state index contributed by atoms with van der Waals surface area (Å²) in [5.41, 5.74) is 0.501. The van der Waals surface area contributed by atoms with Gasteiger partial charge in [0, 0.05) is 18.6 Å². The molecule has 1 unspecified atom stereocenters. The number of thioether (sulfide) groups is 1. The molecule has 1 atom stereocenters. The number of amides is 1. The van der Waals surface area contributed by atoms with Gasteiger partial charge in [0.25, 0.3) is 5.91 Å². The Morgan fingerprint density at radius 3 is 2.94 bits per heavy atom. The number of carbonyl (C=O) groups is 1. The van der Waals surface area contributed by atoms with Crippen molar-refractivity contribution in [3.05, 3.63) is 28.8 Å². The molecule has 0 radical (unpaired) electrons. The largest absolute Gasteiger partial charge is 0.383 e. The van der Waals surface area contributed by atoms with Gasteiger partial charge in [-0.3, -0.25) is 4.79 Å². The highest BCUT2D eigenvalue weighted by molar-refractivity contribution is 9.09.